The van der Waals surface area contributed by atoms with Crippen LogP contribution in [-0.2, 0) is 20.9 Å². The zero-order chi connectivity index (χ0) is 18.3. The van der Waals surface area contributed by atoms with Crippen LogP contribution in [0.15, 0.2) is 36.4 Å². The fraction of sp³-hybridized carbons (Fsp3) is 0.500. The Bertz CT molecular complexity index is 765. The Morgan fingerprint density at radius 2 is 2.23 bits per heavy atom. The van der Waals surface area contributed by atoms with Crippen LogP contribution in [0.2, 0.25) is 5.02 Å². The summed E-state index contributed by atoms with van der Waals surface area (Å²) >= 11 is 6.25. The van der Waals surface area contributed by atoms with Gasteiger partial charge in [-0.3, -0.25) is 9.59 Å². The van der Waals surface area contributed by atoms with Gasteiger partial charge in [0.25, 0.3) is 0 Å². The third-order valence-corrected chi connectivity index (χ3v) is 6.00. The summed E-state index contributed by atoms with van der Waals surface area (Å²) in [6, 6.07) is 7.52. The van der Waals surface area contributed by atoms with E-state index in [-0.39, 0.29) is 17.9 Å². The number of likely N-dealkylation sites (tertiary alicyclic amines) is 1. The summed E-state index contributed by atoms with van der Waals surface area (Å²) in [6.07, 6.45) is 5.56. The standard InChI is InChI=1S/C20H23ClN2O3/c1-2-3-10-22-18(24)16-15-8-9-20(26-15)12-23(19(25)17(16)20)11-13-6-4-5-7-14(13)21/h4-9,15-17H,2-3,10-12H2,1H3,(H,22,24)/t15-,16-,17-,20+/m1/s1. The van der Waals surface area contributed by atoms with Crippen LogP contribution in [0.4, 0.5) is 0 Å². The summed E-state index contributed by atoms with van der Waals surface area (Å²) in [7, 11) is 0. The molecular formula is C20H23ClN2O3. The van der Waals surface area contributed by atoms with Crippen molar-refractivity contribution in [1.29, 1.82) is 0 Å². The molecule has 0 unspecified atom stereocenters. The van der Waals surface area contributed by atoms with Gasteiger partial charge in [0.05, 0.1) is 24.5 Å². The number of ether oxygens (including phenoxy) is 1. The van der Waals surface area contributed by atoms with Crippen molar-refractivity contribution in [2.45, 2.75) is 38.0 Å². The van der Waals surface area contributed by atoms with Crippen molar-refractivity contribution in [3.8, 4) is 0 Å². The van der Waals surface area contributed by atoms with Crippen LogP contribution in [0.25, 0.3) is 0 Å². The number of amides is 2. The number of nitrogens with zero attached hydrogens (tertiary/aromatic N) is 1. The molecule has 2 bridgehead atoms. The van der Waals surface area contributed by atoms with Crippen molar-refractivity contribution < 1.29 is 14.3 Å². The lowest BCUT2D eigenvalue weighted by Crippen LogP contribution is -2.44. The number of unbranched alkanes of at least 4 members (excludes halogenated alkanes) is 1. The lowest BCUT2D eigenvalue weighted by molar-refractivity contribution is -0.137. The second-order valence-electron chi connectivity index (χ2n) is 7.33. The van der Waals surface area contributed by atoms with Crippen molar-refractivity contribution in [1.82, 2.24) is 10.2 Å². The van der Waals surface area contributed by atoms with Crippen molar-refractivity contribution in [3.63, 3.8) is 0 Å². The van der Waals surface area contributed by atoms with Crippen LogP contribution in [0.1, 0.15) is 25.3 Å². The van der Waals surface area contributed by atoms with E-state index in [1.165, 1.54) is 0 Å². The molecule has 0 radical (unpaired) electrons. The molecule has 5 nitrogen and oxygen atoms in total. The second kappa shape index (κ2) is 6.71. The highest BCUT2D eigenvalue weighted by atomic mass is 35.5. The third-order valence-electron chi connectivity index (χ3n) is 5.63. The van der Waals surface area contributed by atoms with E-state index in [1.54, 1.807) is 4.90 Å². The molecule has 4 atom stereocenters. The van der Waals surface area contributed by atoms with Crippen LogP contribution in [0.3, 0.4) is 0 Å². The van der Waals surface area contributed by atoms with Gasteiger partial charge in [0.15, 0.2) is 0 Å². The fourth-order valence-electron chi connectivity index (χ4n) is 4.35. The van der Waals surface area contributed by atoms with Crippen LogP contribution >= 0.6 is 11.6 Å². The normalized spacial score (nSPS) is 31.5. The molecule has 3 heterocycles. The summed E-state index contributed by atoms with van der Waals surface area (Å²) < 4.78 is 6.13. The number of halogens is 1. The van der Waals surface area contributed by atoms with E-state index in [0.717, 1.165) is 18.4 Å². The molecule has 1 N–H and O–H groups in total. The van der Waals surface area contributed by atoms with E-state index >= 15 is 0 Å². The number of carbonyl (C=O) groups excluding carboxylic acids is 2. The molecule has 0 aromatic heterocycles. The van der Waals surface area contributed by atoms with Gasteiger partial charge in [-0.2, -0.15) is 0 Å². The van der Waals surface area contributed by atoms with Crippen molar-refractivity contribution in [3.05, 3.63) is 47.0 Å². The summed E-state index contributed by atoms with van der Waals surface area (Å²) in [5.74, 6) is -0.984. The number of fused-ring (bicyclic) bond motifs is 1. The van der Waals surface area contributed by atoms with Gasteiger partial charge < -0.3 is 15.0 Å². The largest absolute Gasteiger partial charge is 0.360 e. The molecule has 3 aliphatic rings. The number of carbonyl (C=O) groups is 2. The predicted octanol–water partition coefficient (Wildman–Crippen LogP) is 2.54. The van der Waals surface area contributed by atoms with Gasteiger partial charge in [0, 0.05) is 18.1 Å². The van der Waals surface area contributed by atoms with E-state index in [4.69, 9.17) is 16.3 Å². The van der Waals surface area contributed by atoms with Gasteiger partial charge >= 0.3 is 0 Å². The zero-order valence-corrected chi connectivity index (χ0v) is 15.5. The number of nitrogens with one attached hydrogen (secondary N) is 1. The van der Waals surface area contributed by atoms with Gasteiger partial charge in [0.1, 0.15) is 5.60 Å². The maximum atomic E-state index is 13.1. The lowest BCUT2D eigenvalue weighted by atomic mass is 9.77. The van der Waals surface area contributed by atoms with E-state index < -0.39 is 17.4 Å². The predicted molar refractivity (Wildman–Crippen MR) is 98.5 cm³/mol. The zero-order valence-electron chi connectivity index (χ0n) is 14.8. The van der Waals surface area contributed by atoms with Crippen LogP contribution in [-0.4, -0.2) is 41.5 Å². The molecule has 4 rings (SSSR count). The first-order valence-electron chi connectivity index (χ1n) is 9.23. The van der Waals surface area contributed by atoms with Crippen LogP contribution in [0.5, 0.6) is 0 Å². The van der Waals surface area contributed by atoms with Gasteiger partial charge in [-0.15, -0.1) is 0 Å². The average molecular weight is 375 g/mol. The number of hydrogen-bond donors (Lipinski definition) is 1. The average Bonchev–Trinajstić information content (AvgIpc) is 3.26. The summed E-state index contributed by atoms with van der Waals surface area (Å²) in [5.41, 5.74) is 0.233. The van der Waals surface area contributed by atoms with Crippen LogP contribution in [0, 0.1) is 11.8 Å². The molecule has 26 heavy (non-hydrogen) atoms. The Balaban J connectivity index is 1.53. The Kier molecular flexibility index (Phi) is 4.53. The highest BCUT2D eigenvalue weighted by molar-refractivity contribution is 6.31. The summed E-state index contributed by atoms with van der Waals surface area (Å²) in [5, 5.41) is 3.61. The smallest absolute Gasteiger partial charge is 0.230 e. The van der Waals surface area contributed by atoms with Gasteiger partial charge in [-0.25, -0.2) is 0 Å². The maximum Gasteiger partial charge on any atom is 0.230 e. The van der Waals surface area contributed by atoms with Gasteiger partial charge in [-0.05, 0) is 18.1 Å². The molecule has 0 aliphatic carbocycles. The minimum atomic E-state index is -0.671. The Morgan fingerprint density at radius 1 is 1.42 bits per heavy atom. The van der Waals surface area contributed by atoms with E-state index in [2.05, 4.69) is 12.2 Å². The first-order chi connectivity index (χ1) is 12.6. The van der Waals surface area contributed by atoms with Gasteiger partial charge in [0.2, 0.25) is 11.8 Å². The van der Waals surface area contributed by atoms with Gasteiger partial charge in [-0.1, -0.05) is 55.3 Å². The SMILES string of the molecule is CCCCNC(=O)[C@@H]1[C@H]2C=C[C@@]3(CN(Cc4ccccc4Cl)C(=O)[C@@H]13)O2. The quantitative estimate of drug-likeness (QED) is 0.615. The molecule has 2 saturated heterocycles. The number of benzene rings is 1. The van der Waals surface area contributed by atoms with Crippen LogP contribution < -0.4 is 5.32 Å². The fourth-order valence-corrected chi connectivity index (χ4v) is 4.55. The van der Waals surface area contributed by atoms with Crippen molar-refractivity contribution >= 4 is 23.4 Å². The molecule has 1 aromatic rings. The molecule has 2 amide bonds. The molecule has 0 saturated carbocycles. The first-order valence-corrected chi connectivity index (χ1v) is 9.60. The Hall–Kier alpha value is -1.85. The van der Waals surface area contributed by atoms with E-state index in [9.17, 15) is 9.59 Å². The van der Waals surface area contributed by atoms with E-state index in [1.807, 2.05) is 36.4 Å². The van der Waals surface area contributed by atoms with Crippen molar-refractivity contribution in [2.75, 3.05) is 13.1 Å². The molecule has 2 fully saturated rings. The van der Waals surface area contributed by atoms with Crippen molar-refractivity contribution in [2.24, 2.45) is 11.8 Å². The van der Waals surface area contributed by atoms with E-state index in [0.29, 0.717) is 24.7 Å². The highest BCUT2D eigenvalue weighted by Gasteiger charge is 2.66. The number of hydrogen-bond acceptors (Lipinski definition) is 3. The lowest BCUT2D eigenvalue weighted by Gasteiger charge is -2.23. The minimum absolute atomic E-state index is 0.0209. The molecular weight excluding hydrogens is 352 g/mol. The molecule has 1 spiro atoms. The minimum Gasteiger partial charge on any atom is -0.360 e. The molecule has 138 valence electrons. The number of rotatable bonds is 6. The second-order valence-corrected chi connectivity index (χ2v) is 7.74. The first kappa shape index (κ1) is 17.6. The maximum absolute atomic E-state index is 13.1. The monoisotopic (exact) mass is 374 g/mol. The third kappa shape index (κ3) is 2.74. The topological polar surface area (TPSA) is 58.6 Å². The Labute approximate surface area is 158 Å². The highest BCUT2D eigenvalue weighted by Crippen LogP contribution is 2.52. The summed E-state index contributed by atoms with van der Waals surface area (Å²) in [6.45, 7) is 3.62. The molecule has 1 aromatic carbocycles. The molecule has 3 aliphatic heterocycles. The molecule has 6 heteroatoms. The Morgan fingerprint density at radius 3 is 3.00 bits per heavy atom. The summed E-state index contributed by atoms with van der Waals surface area (Å²) in [4.78, 5) is 27.6.